The van der Waals surface area contributed by atoms with Crippen molar-refractivity contribution in [1.29, 1.82) is 0 Å². The number of halogens is 2. The number of carbonyl (C=O) groups excluding carboxylic acids is 1. The lowest BCUT2D eigenvalue weighted by Gasteiger charge is -2.25. The van der Waals surface area contributed by atoms with Crippen molar-refractivity contribution in [1.82, 2.24) is 0 Å². The molecule has 16 heavy (non-hydrogen) atoms. The second kappa shape index (κ2) is 5.07. The van der Waals surface area contributed by atoms with Crippen molar-refractivity contribution in [2.24, 2.45) is 5.92 Å². The average molecular weight is 259 g/mol. The minimum Gasteiger partial charge on any atom is -0.491 e. The highest BCUT2D eigenvalue weighted by Crippen LogP contribution is 2.33. The smallest absolute Gasteiger partial charge is 0.153 e. The van der Waals surface area contributed by atoms with E-state index in [4.69, 9.17) is 27.9 Å². The van der Waals surface area contributed by atoms with Crippen LogP contribution in [0.1, 0.15) is 29.6 Å². The molecule has 0 saturated heterocycles. The van der Waals surface area contributed by atoms with Gasteiger partial charge in [-0.2, -0.15) is 0 Å². The second-order valence-electron chi connectivity index (χ2n) is 4.03. The van der Waals surface area contributed by atoms with Gasteiger partial charge in [-0.25, -0.2) is 0 Å². The molecule has 0 aliphatic heterocycles. The van der Waals surface area contributed by atoms with Crippen LogP contribution in [0.4, 0.5) is 0 Å². The van der Waals surface area contributed by atoms with Gasteiger partial charge < -0.3 is 4.74 Å². The predicted molar refractivity (Wildman–Crippen MR) is 64.7 cm³/mol. The van der Waals surface area contributed by atoms with Gasteiger partial charge in [-0.3, -0.25) is 4.79 Å². The summed E-state index contributed by atoms with van der Waals surface area (Å²) in [5, 5.41) is 0.844. The van der Waals surface area contributed by atoms with Crippen LogP contribution < -0.4 is 4.74 Å². The number of hydrogen-bond donors (Lipinski definition) is 0. The molecule has 1 aromatic carbocycles. The molecule has 0 unspecified atom stereocenters. The molecule has 1 saturated carbocycles. The first-order valence-corrected chi connectivity index (χ1v) is 6.03. The highest BCUT2D eigenvalue weighted by molar-refractivity contribution is 6.36. The van der Waals surface area contributed by atoms with E-state index < -0.39 is 0 Å². The number of rotatable bonds is 4. The Labute approximate surface area is 104 Å². The van der Waals surface area contributed by atoms with Crippen molar-refractivity contribution in [2.45, 2.75) is 19.3 Å². The van der Waals surface area contributed by atoms with Crippen LogP contribution in [0.25, 0.3) is 0 Å². The summed E-state index contributed by atoms with van der Waals surface area (Å²) >= 11 is 11.8. The van der Waals surface area contributed by atoms with Crippen LogP contribution in [-0.2, 0) is 0 Å². The largest absolute Gasteiger partial charge is 0.491 e. The van der Waals surface area contributed by atoms with E-state index in [9.17, 15) is 4.79 Å². The normalized spacial score (nSPS) is 15.6. The fourth-order valence-electron chi connectivity index (χ4n) is 1.68. The molecule has 0 atom stereocenters. The lowest BCUT2D eigenvalue weighted by Crippen LogP contribution is -2.19. The summed E-state index contributed by atoms with van der Waals surface area (Å²) in [4.78, 5) is 10.9. The number of carbonyl (C=O) groups is 1. The molecule has 0 aromatic heterocycles. The third-order valence-corrected chi connectivity index (χ3v) is 3.35. The summed E-state index contributed by atoms with van der Waals surface area (Å²) < 4.78 is 5.60. The van der Waals surface area contributed by atoms with Crippen LogP contribution in [0, 0.1) is 5.92 Å². The van der Waals surface area contributed by atoms with Gasteiger partial charge in [0.2, 0.25) is 0 Å². The van der Waals surface area contributed by atoms with E-state index in [0.717, 1.165) is 0 Å². The van der Waals surface area contributed by atoms with Crippen molar-refractivity contribution in [2.75, 3.05) is 6.61 Å². The third kappa shape index (κ3) is 2.50. The Balaban J connectivity index is 2.13. The minimum atomic E-state index is 0.397. The maximum absolute atomic E-state index is 10.9. The van der Waals surface area contributed by atoms with Crippen molar-refractivity contribution in [3.05, 3.63) is 27.7 Å². The molecule has 0 N–H and O–H groups in total. The SMILES string of the molecule is O=Cc1cc(Cl)cc(Cl)c1OCC1CCC1. The quantitative estimate of drug-likeness (QED) is 0.764. The maximum Gasteiger partial charge on any atom is 0.153 e. The molecule has 86 valence electrons. The highest BCUT2D eigenvalue weighted by Gasteiger charge is 2.19. The molecule has 4 heteroatoms. The van der Waals surface area contributed by atoms with E-state index in [0.29, 0.717) is 40.2 Å². The zero-order valence-electron chi connectivity index (χ0n) is 8.71. The van der Waals surface area contributed by atoms with E-state index in [1.54, 1.807) is 12.1 Å². The zero-order chi connectivity index (χ0) is 11.5. The van der Waals surface area contributed by atoms with Gasteiger partial charge >= 0.3 is 0 Å². The number of hydrogen-bond acceptors (Lipinski definition) is 2. The lowest BCUT2D eigenvalue weighted by molar-refractivity contribution is 0.111. The fraction of sp³-hybridized carbons (Fsp3) is 0.417. The number of ether oxygens (including phenoxy) is 1. The first-order valence-electron chi connectivity index (χ1n) is 5.27. The molecule has 2 nitrogen and oxygen atoms in total. The first kappa shape index (κ1) is 11.7. The molecule has 1 aliphatic carbocycles. The van der Waals surface area contributed by atoms with Gasteiger partial charge in [-0.15, -0.1) is 0 Å². The summed E-state index contributed by atoms with van der Waals surface area (Å²) in [5.41, 5.74) is 0.414. The molecular weight excluding hydrogens is 247 g/mol. The Kier molecular flexibility index (Phi) is 3.72. The summed E-state index contributed by atoms with van der Waals surface area (Å²) in [6, 6.07) is 3.16. The maximum atomic E-state index is 10.9. The van der Waals surface area contributed by atoms with E-state index >= 15 is 0 Å². The van der Waals surface area contributed by atoms with Crippen LogP contribution in [0.2, 0.25) is 10.0 Å². The van der Waals surface area contributed by atoms with Crippen LogP contribution in [0.5, 0.6) is 5.75 Å². The molecule has 1 aromatic rings. The van der Waals surface area contributed by atoms with E-state index in [2.05, 4.69) is 0 Å². The molecular formula is C12H12Cl2O2. The van der Waals surface area contributed by atoms with Crippen LogP contribution in [0.15, 0.2) is 12.1 Å². The van der Waals surface area contributed by atoms with Crippen LogP contribution in [-0.4, -0.2) is 12.9 Å². The minimum absolute atomic E-state index is 0.397. The lowest BCUT2D eigenvalue weighted by atomic mass is 9.86. The third-order valence-electron chi connectivity index (χ3n) is 2.85. The second-order valence-corrected chi connectivity index (χ2v) is 4.88. The summed E-state index contributed by atoms with van der Waals surface area (Å²) in [6.07, 6.45) is 4.38. The molecule has 0 heterocycles. The standard InChI is InChI=1S/C12H12Cl2O2/c13-10-4-9(6-15)12(11(14)5-10)16-7-8-2-1-3-8/h4-6,8H,1-3,7H2. The van der Waals surface area contributed by atoms with Crippen LogP contribution in [0.3, 0.4) is 0 Å². The Hall–Kier alpha value is -0.730. The number of benzene rings is 1. The van der Waals surface area contributed by atoms with Gasteiger partial charge in [-0.1, -0.05) is 29.6 Å². The molecule has 1 fully saturated rings. The van der Waals surface area contributed by atoms with E-state index in [1.807, 2.05) is 0 Å². The van der Waals surface area contributed by atoms with Gasteiger partial charge in [-0.05, 0) is 30.9 Å². The van der Waals surface area contributed by atoms with Gasteiger partial charge in [0.05, 0.1) is 17.2 Å². The molecule has 1 aliphatic rings. The molecule has 0 radical (unpaired) electrons. The molecule has 0 amide bonds. The topological polar surface area (TPSA) is 26.3 Å². The fourth-order valence-corrected chi connectivity index (χ4v) is 2.24. The first-order chi connectivity index (χ1) is 7.70. The van der Waals surface area contributed by atoms with Crippen molar-refractivity contribution >= 4 is 29.5 Å². The highest BCUT2D eigenvalue weighted by atomic mass is 35.5. The summed E-state index contributed by atoms with van der Waals surface area (Å²) in [5.74, 6) is 1.05. The van der Waals surface area contributed by atoms with Gasteiger partial charge in [0.15, 0.2) is 6.29 Å². The molecule has 0 spiro atoms. The van der Waals surface area contributed by atoms with E-state index in [-0.39, 0.29) is 0 Å². The Bertz CT molecular complexity index is 400. The van der Waals surface area contributed by atoms with Crippen molar-refractivity contribution in [3.8, 4) is 5.75 Å². The van der Waals surface area contributed by atoms with Crippen molar-refractivity contribution < 1.29 is 9.53 Å². The molecule has 2 rings (SSSR count). The Morgan fingerprint density at radius 1 is 1.38 bits per heavy atom. The van der Waals surface area contributed by atoms with Gasteiger partial charge in [0, 0.05) is 5.02 Å². The summed E-state index contributed by atoms with van der Waals surface area (Å²) in [7, 11) is 0. The zero-order valence-corrected chi connectivity index (χ0v) is 10.2. The predicted octanol–water partition coefficient (Wildman–Crippen LogP) is 3.98. The van der Waals surface area contributed by atoms with Gasteiger partial charge in [0.1, 0.15) is 5.75 Å². The van der Waals surface area contributed by atoms with E-state index in [1.165, 1.54) is 19.3 Å². The molecule has 0 bridgehead atoms. The monoisotopic (exact) mass is 258 g/mol. The average Bonchev–Trinajstić information content (AvgIpc) is 2.17. The van der Waals surface area contributed by atoms with Gasteiger partial charge in [0.25, 0.3) is 0 Å². The summed E-state index contributed by atoms with van der Waals surface area (Å²) in [6.45, 7) is 0.627. The Morgan fingerprint density at radius 3 is 2.69 bits per heavy atom. The Morgan fingerprint density at radius 2 is 2.12 bits per heavy atom. The van der Waals surface area contributed by atoms with Crippen molar-refractivity contribution in [3.63, 3.8) is 0 Å². The number of aldehydes is 1. The van der Waals surface area contributed by atoms with Crippen LogP contribution >= 0.6 is 23.2 Å².